The molecule has 2 aromatic rings. The van der Waals surface area contributed by atoms with Crippen molar-refractivity contribution < 1.29 is 4.79 Å². The lowest BCUT2D eigenvalue weighted by atomic mass is 9.86. The minimum Gasteiger partial charge on any atom is -0.343 e. The van der Waals surface area contributed by atoms with Crippen LogP contribution in [0.3, 0.4) is 0 Å². The number of rotatable bonds is 4. The van der Waals surface area contributed by atoms with E-state index >= 15 is 0 Å². The van der Waals surface area contributed by atoms with Gasteiger partial charge in [0.15, 0.2) is 5.65 Å². The first-order chi connectivity index (χ1) is 12.3. The van der Waals surface area contributed by atoms with Crippen LogP contribution in [0.15, 0.2) is 0 Å². The van der Waals surface area contributed by atoms with E-state index in [2.05, 4.69) is 18.9 Å². The van der Waals surface area contributed by atoms with Crippen molar-refractivity contribution in [2.24, 2.45) is 13.0 Å². The molecule has 1 aliphatic carbocycles. The molecule has 0 aromatic carbocycles. The number of aryl methyl sites for hydroxylation is 4. The van der Waals surface area contributed by atoms with Crippen LogP contribution in [-0.4, -0.2) is 38.7 Å². The second-order valence-corrected chi connectivity index (χ2v) is 8.13. The zero-order chi connectivity index (χ0) is 19.0. The van der Waals surface area contributed by atoms with Gasteiger partial charge < -0.3 is 4.90 Å². The quantitative estimate of drug-likeness (QED) is 0.836. The molecule has 5 nitrogen and oxygen atoms in total. The third-order valence-corrected chi connectivity index (χ3v) is 6.25. The molecule has 0 unspecified atom stereocenters. The van der Waals surface area contributed by atoms with E-state index in [-0.39, 0.29) is 5.91 Å². The number of nitrogens with zero attached hydrogens (tertiary/aromatic N) is 4. The molecule has 3 rings (SSSR count). The number of aromatic nitrogens is 3. The monoisotopic (exact) mass is 356 g/mol. The Bertz CT molecular complexity index is 815. The van der Waals surface area contributed by atoms with Gasteiger partial charge >= 0.3 is 0 Å². The van der Waals surface area contributed by atoms with Crippen LogP contribution in [0.5, 0.6) is 0 Å². The van der Waals surface area contributed by atoms with E-state index in [0.29, 0.717) is 12.5 Å². The summed E-state index contributed by atoms with van der Waals surface area (Å²) in [5, 5.41) is 5.64. The van der Waals surface area contributed by atoms with E-state index in [4.69, 9.17) is 4.98 Å². The van der Waals surface area contributed by atoms with Crippen LogP contribution in [0.1, 0.15) is 61.5 Å². The number of hydrogen-bond acceptors (Lipinski definition) is 3. The SMILES string of the molecule is Cc1nc2c(c(C)nn2C)c(C)c1CCC(=O)N(C)C1CCC(C)CC1. The molecule has 1 amide bonds. The van der Waals surface area contributed by atoms with Gasteiger partial charge in [0, 0.05) is 37.6 Å². The topological polar surface area (TPSA) is 51.0 Å². The van der Waals surface area contributed by atoms with Gasteiger partial charge in [0.2, 0.25) is 5.91 Å². The lowest BCUT2D eigenvalue weighted by Crippen LogP contribution is -2.39. The molecule has 0 radical (unpaired) electrons. The van der Waals surface area contributed by atoms with Gasteiger partial charge in [0.25, 0.3) is 0 Å². The molecule has 0 saturated heterocycles. The maximum atomic E-state index is 12.7. The largest absolute Gasteiger partial charge is 0.343 e. The average molecular weight is 357 g/mol. The number of pyridine rings is 1. The molecule has 1 aliphatic rings. The van der Waals surface area contributed by atoms with Crippen LogP contribution < -0.4 is 0 Å². The molecule has 142 valence electrons. The van der Waals surface area contributed by atoms with Crippen molar-refractivity contribution in [1.29, 1.82) is 0 Å². The second-order valence-electron chi connectivity index (χ2n) is 8.13. The minimum absolute atomic E-state index is 0.256. The van der Waals surface area contributed by atoms with E-state index < -0.39 is 0 Å². The summed E-state index contributed by atoms with van der Waals surface area (Å²) in [5.41, 5.74) is 5.38. The van der Waals surface area contributed by atoms with Gasteiger partial charge in [0.1, 0.15) is 0 Å². The highest BCUT2D eigenvalue weighted by molar-refractivity contribution is 5.84. The fourth-order valence-electron chi connectivity index (χ4n) is 4.47. The molecular formula is C21H32N4O. The predicted molar refractivity (Wildman–Crippen MR) is 105 cm³/mol. The predicted octanol–water partition coefficient (Wildman–Crippen LogP) is 3.86. The van der Waals surface area contributed by atoms with Gasteiger partial charge in [-0.15, -0.1) is 0 Å². The number of fused-ring (bicyclic) bond motifs is 1. The van der Waals surface area contributed by atoms with Crippen LogP contribution >= 0.6 is 0 Å². The number of carbonyl (C=O) groups is 1. The average Bonchev–Trinajstić information content (AvgIpc) is 2.88. The molecule has 5 heteroatoms. The van der Waals surface area contributed by atoms with Crippen LogP contribution in [-0.2, 0) is 18.3 Å². The zero-order valence-corrected chi connectivity index (χ0v) is 17.1. The highest BCUT2D eigenvalue weighted by Gasteiger charge is 2.25. The summed E-state index contributed by atoms with van der Waals surface area (Å²) >= 11 is 0. The van der Waals surface area contributed by atoms with Crippen molar-refractivity contribution in [2.45, 2.75) is 72.3 Å². The molecule has 1 saturated carbocycles. The summed E-state index contributed by atoms with van der Waals surface area (Å²) in [4.78, 5) is 19.5. The molecule has 0 atom stereocenters. The minimum atomic E-state index is 0.256. The molecule has 1 fully saturated rings. The summed E-state index contributed by atoms with van der Waals surface area (Å²) in [6, 6.07) is 0.419. The highest BCUT2D eigenvalue weighted by atomic mass is 16.2. The van der Waals surface area contributed by atoms with Crippen molar-refractivity contribution in [3.05, 3.63) is 22.5 Å². The number of amides is 1. The molecule has 26 heavy (non-hydrogen) atoms. The lowest BCUT2D eigenvalue weighted by molar-refractivity contribution is -0.132. The van der Waals surface area contributed by atoms with Crippen molar-refractivity contribution in [1.82, 2.24) is 19.7 Å². The Morgan fingerprint density at radius 1 is 1.15 bits per heavy atom. The van der Waals surface area contributed by atoms with Gasteiger partial charge in [-0.05, 0) is 69.9 Å². The van der Waals surface area contributed by atoms with Crippen LogP contribution in [0.25, 0.3) is 11.0 Å². The van der Waals surface area contributed by atoms with E-state index in [1.807, 2.05) is 37.5 Å². The summed E-state index contributed by atoms with van der Waals surface area (Å²) < 4.78 is 1.84. The van der Waals surface area contributed by atoms with Crippen LogP contribution in [0, 0.1) is 26.7 Å². The first-order valence-electron chi connectivity index (χ1n) is 9.84. The Hall–Kier alpha value is -1.91. The normalized spacial score (nSPS) is 20.5. The van der Waals surface area contributed by atoms with Gasteiger partial charge in [0.05, 0.1) is 5.69 Å². The maximum absolute atomic E-state index is 12.7. The molecule has 0 bridgehead atoms. The Morgan fingerprint density at radius 3 is 2.46 bits per heavy atom. The number of hydrogen-bond donors (Lipinski definition) is 0. The smallest absolute Gasteiger partial charge is 0.222 e. The van der Waals surface area contributed by atoms with Gasteiger partial charge in [-0.2, -0.15) is 5.10 Å². The maximum Gasteiger partial charge on any atom is 0.222 e. The lowest BCUT2D eigenvalue weighted by Gasteiger charge is -2.33. The summed E-state index contributed by atoms with van der Waals surface area (Å²) in [5.74, 6) is 1.06. The molecule has 2 aromatic heterocycles. The Morgan fingerprint density at radius 2 is 1.81 bits per heavy atom. The zero-order valence-electron chi connectivity index (χ0n) is 17.1. The third-order valence-electron chi connectivity index (χ3n) is 6.25. The van der Waals surface area contributed by atoms with Crippen LogP contribution in [0.2, 0.25) is 0 Å². The van der Waals surface area contributed by atoms with Gasteiger partial charge in [-0.25, -0.2) is 4.98 Å². The third kappa shape index (κ3) is 3.49. The van der Waals surface area contributed by atoms with Gasteiger partial charge in [-0.3, -0.25) is 9.48 Å². The van der Waals surface area contributed by atoms with E-state index in [1.54, 1.807) is 0 Å². The fraction of sp³-hybridized carbons (Fsp3) is 0.667. The molecule has 2 heterocycles. The molecular weight excluding hydrogens is 324 g/mol. The highest BCUT2D eigenvalue weighted by Crippen LogP contribution is 2.28. The second kappa shape index (κ2) is 7.37. The number of carbonyl (C=O) groups excluding carboxylic acids is 1. The van der Waals surface area contributed by atoms with E-state index in [1.165, 1.54) is 24.0 Å². The Balaban J connectivity index is 1.73. The summed E-state index contributed by atoms with van der Waals surface area (Å²) in [6.07, 6.45) is 6.06. The molecule has 0 spiro atoms. The summed E-state index contributed by atoms with van der Waals surface area (Å²) in [7, 11) is 3.92. The van der Waals surface area contributed by atoms with Crippen molar-refractivity contribution in [3.8, 4) is 0 Å². The molecule has 0 N–H and O–H groups in total. The Kier molecular flexibility index (Phi) is 5.35. The molecule has 0 aliphatic heterocycles. The van der Waals surface area contributed by atoms with Crippen LogP contribution in [0.4, 0.5) is 0 Å². The first kappa shape index (κ1) is 18.9. The Labute approximate surface area is 156 Å². The van der Waals surface area contributed by atoms with Gasteiger partial charge in [-0.1, -0.05) is 6.92 Å². The van der Waals surface area contributed by atoms with Crippen molar-refractivity contribution in [3.63, 3.8) is 0 Å². The standard InChI is InChI=1S/C21H32N4O/c1-13-7-9-17(10-8-13)24(5)19(26)12-11-18-14(2)20-16(4)23-25(6)21(20)22-15(18)3/h13,17H,7-12H2,1-6H3. The first-order valence-corrected chi connectivity index (χ1v) is 9.84. The van der Waals surface area contributed by atoms with Crippen molar-refractivity contribution >= 4 is 16.9 Å². The van der Waals surface area contributed by atoms with Crippen molar-refractivity contribution in [2.75, 3.05) is 7.05 Å². The van der Waals surface area contributed by atoms with E-state index in [9.17, 15) is 4.79 Å². The summed E-state index contributed by atoms with van der Waals surface area (Å²) in [6.45, 7) is 8.52. The fourth-order valence-corrected chi connectivity index (χ4v) is 4.47. The van der Waals surface area contributed by atoms with E-state index in [0.717, 1.165) is 47.6 Å².